The van der Waals surface area contributed by atoms with E-state index in [1.54, 1.807) is 4.98 Å². The fourth-order valence-electron chi connectivity index (χ4n) is 3.24. The Balaban J connectivity index is 1.71. The predicted molar refractivity (Wildman–Crippen MR) is 112 cm³/mol. The number of nitrogens with one attached hydrogen (secondary N) is 1. The van der Waals surface area contributed by atoms with Gasteiger partial charge < -0.3 is 29.7 Å². The van der Waals surface area contributed by atoms with Gasteiger partial charge in [0.2, 0.25) is 0 Å². The fourth-order valence-corrected chi connectivity index (χ4v) is 3.24. The van der Waals surface area contributed by atoms with Crippen molar-refractivity contribution >= 4 is 5.91 Å². The lowest BCUT2D eigenvalue weighted by Crippen LogP contribution is -2.42. The summed E-state index contributed by atoms with van der Waals surface area (Å²) in [7, 11) is 0. The van der Waals surface area contributed by atoms with E-state index >= 15 is 0 Å². The molecule has 0 spiro atoms. The summed E-state index contributed by atoms with van der Waals surface area (Å²) in [6.07, 6.45) is -5.30. The predicted octanol–water partition coefficient (Wildman–Crippen LogP) is 2.75. The molecular weight excluding hydrogens is 445 g/mol. The highest BCUT2D eigenvalue weighted by Crippen LogP contribution is 2.35. The minimum absolute atomic E-state index is 0.0723. The molecule has 2 aromatic rings. The third-order valence-electron chi connectivity index (χ3n) is 4.80. The Morgan fingerprint density at radius 1 is 1.18 bits per heavy atom. The molecule has 3 rings (SSSR count). The van der Waals surface area contributed by atoms with Crippen molar-refractivity contribution in [3.8, 4) is 16.9 Å². The molecule has 33 heavy (non-hydrogen) atoms. The molecule has 0 unspecified atom stereocenters. The number of benzene rings is 1. The number of hydrogen-bond acceptors (Lipinski definition) is 6. The molecule has 2 heterocycles. The number of amides is 1. The van der Waals surface area contributed by atoms with Gasteiger partial charge in [-0.1, -0.05) is 12.1 Å². The van der Waals surface area contributed by atoms with Crippen LogP contribution in [0.4, 0.5) is 13.2 Å². The van der Waals surface area contributed by atoms with Gasteiger partial charge in [-0.05, 0) is 37.6 Å². The molecule has 2 atom stereocenters. The van der Waals surface area contributed by atoms with Gasteiger partial charge in [-0.15, -0.1) is 0 Å². The first kappa shape index (κ1) is 24.7. The molecule has 1 saturated heterocycles. The van der Waals surface area contributed by atoms with Crippen LogP contribution in [-0.2, 0) is 20.4 Å². The van der Waals surface area contributed by atoms with Gasteiger partial charge >= 0.3 is 6.18 Å². The van der Waals surface area contributed by atoms with Crippen molar-refractivity contribution in [2.24, 2.45) is 5.73 Å². The molecular formula is C22H25F3N2O6. The molecule has 1 aromatic heterocycles. The molecule has 1 aliphatic heterocycles. The number of aromatic nitrogens is 1. The molecule has 11 heteroatoms. The Bertz CT molecular complexity index is 1020. The van der Waals surface area contributed by atoms with Crippen molar-refractivity contribution in [2.75, 3.05) is 26.4 Å². The number of nitrogens with two attached hydrogens (primary N) is 1. The summed E-state index contributed by atoms with van der Waals surface area (Å²) in [5.41, 5.74) is 1.82. The summed E-state index contributed by atoms with van der Waals surface area (Å²) in [5, 5.41) is 0. The van der Waals surface area contributed by atoms with Crippen molar-refractivity contribution in [1.82, 2.24) is 4.98 Å². The SMILES string of the molecule is CC(C)OC[C@H]1COC[C@@H](COc2ccc(-c3cc(C(N)=O)c(=O)[nH]c3C(F)(F)F)cc2)O1. The van der Waals surface area contributed by atoms with Crippen molar-refractivity contribution in [3.05, 3.63) is 51.9 Å². The van der Waals surface area contributed by atoms with Crippen LogP contribution in [-0.4, -0.2) is 55.6 Å². The van der Waals surface area contributed by atoms with Crippen molar-refractivity contribution < 1.29 is 36.9 Å². The molecule has 0 aliphatic carbocycles. The van der Waals surface area contributed by atoms with Gasteiger partial charge in [-0.25, -0.2) is 0 Å². The lowest BCUT2D eigenvalue weighted by Gasteiger charge is -2.30. The molecule has 3 N–H and O–H groups in total. The summed E-state index contributed by atoms with van der Waals surface area (Å²) >= 11 is 0. The molecule has 1 aromatic carbocycles. The van der Waals surface area contributed by atoms with Gasteiger partial charge in [0.05, 0.1) is 25.9 Å². The molecule has 0 radical (unpaired) electrons. The van der Waals surface area contributed by atoms with Crippen LogP contribution in [0.3, 0.4) is 0 Å². The molecule has 0 bridgehead atoms. The third-order valence-corrected chi connectivity index (χ3v) is 4.80. The number of ether oxygens (including phenoxy) is 4. The number of alkyl halides is 3. The zero-order chi connectivity index (χ0) is 24.2. The number of hydrogen-bond donors (Lipinski definition) is 2. The van der Waals surface area contributed by atoms with Gasteiger partial charge in [0.25, 0.3) is 11.5 Å². The van der Waals surface area contributed by atoms with Crippen LogP contribution in [0.5, 0.6) is 5.75 Å². The van der Waals surface area contributed by atoms with E-state index in [1.165, 1.54) is 24.3 Å². The first-order valence-electron chi connectivity index (χ1n) is 10.3. The van der Waals surface area contributed by atoms with Gasteiger partial charge in [-0.3, -0.25) is 9.59 Å². The lowest BCUT2D eigenvalue weighted by molar-refractivity contribution is -0.169. The molecule has 1 aliphatic rings. The van der Waals surface area contributed by atoms with Crippen molar-refractivity contribution in [1.29, 1.82) is 0 Å². The number of pyridine rings is 1. The number of carbonyl (C=O) groups is 1. The number of rotatable bonds is 8. The maximum atomic E-state index is 13.4. The highest BCUT2D eigenvalue weighted by Gasteiger charge is 2.36. The summed E-state index contributed by atoms with van der Waals surface area (Å²) in [5.74, 6) is -0.728. The second kappa shape index (κ2) is 10.4. The molecule has 1 amide bonds. The van der Waals surface area contributed by atoms with Crippen LogP contribution in [0.1, 0.15) is 29.9 Å². The van der Waals surface area contributed by atoms with Crippen molar-refractivity contribution in [3.63, 3.8) is 0 Å². The fraction of sp³-hybridized carbons (Fsp3) is 0.455. The van der Waals surface area contributed by atoms with Crippen LogP contribution in [0.2, 0.25) is 0 Å². The number of H-pyrrole nitrogens is 1. The zero-order valence-electron chi connectivity index (χ0n) is 18.1. The minimum Gasteiger partial charge on any atom is -0.491 e. The Hall–Kier alpha value is -2.89. The van der Waals surface area contributed by atoms with E-state index in [-0.39, 0.29) is 36.0 Å². The Morgan fingerprint density at radius 2 is 1.82 bits per heavy atom. The van der Waals surface area contributed by atoms with Crippen LogP contribution >= 0.6 is 0 Å². The van der Waals surface area contributed by atoms with E-state index in [2.05, 4.69) is 0 Å². The van der Waals surface area contributed by atoms with E-state index in [0.29, 0.717) is 25.6 Å². The highest BCUT2D eigenvalue weighted by atomic mass is 19.4. The molecule has 8 nitrogen and oxygen atoms in total. The molecule has 180 valence electrons. The average Bonchev–Trinajstić information content (AvgIpc) is 2.76. The van der Waals surface area contributed by atoms with Gasteiger partial charge in [0.1, 0.15) is 35.8 Å². The Morgan fingerprint density at radius 3 is 2.39 bits per heavy atom. The van der Waals surface area contributed by atoms with Gasteiger partial charge in [-0.2, -0.15) is 13.2 Å². The summed E-state index contributed by atoms with van der Waals surface area (Å²) < 4.78 is 62.9. The van der Waals surface area contributed by atoms with Crippen LogP contribution in [0.25, 0.3) is 11.1 Å². The van der Waals surface area contributed by atoms with Crippen LogP contribution in [0, 0.1) is 0 Å². The topological polar surface area (TPSA) is 113 Å². The van der Waals surface area contributed by atoms with E-state index < -0.39 is 28.9 Å². The molecule has 1 fully saturated rings. The van der Waals surface area contributed by atoms with Gasteiger partial charge in [0.15, 0.2) is 0 Å². The van der Waals surface area contributed by atoms with E-state index in [9.17, 15) is 22.8 Å². The quantitative estimate of drug-likeness (QED) is 0.614. The largest absolute Gasteiger partial charge is 0.491 e. The van der Waals surface area contributed by atoms with Gasteiger partial charge in [0, 0.05) is 5.56 Å². The van der Waals surface area contributed by atoms with Crippen LogP contribution < -0.4 is 16.0 Å². The third kappa shape index (κ3) is 6.56. The standard InChI is InChI=1S/C22H25F3N2O6/c1-12(2)31-10-15-8-30-9-16(33-15)11-32-14-5-3-13(4-6-14)17-7-18(20(26)28)21(29)27-19(17)22(23,24)25/h3-7,12,15-16H,8-11H2,1-2H3,(H2,26,28)(H,27,29)/t15-,16+/m1/s1. The van der Waals surface area contributed by atoms with Crippen molar-refractivity contribution in [2.45, 2.75) is 38.3 Å². The summed E-state index contributed by atoms with van der Waals surface area (Å²) in [6.45, 7) is 5.19. The summed E-state index contributed by atoms with van der Waals surface area (Å²) in [6, 6.07) is 6.58. The Labute approximate surface area is 187 Å². The smallest absolute Gasteiger partial charge is 0.431 e. The first-order valence-corrected chi connectivity index (χ1v) is 10.3. The first-order chi connectivity index (χ1) is 15.5. The average molecular weight is 470 g/mol. The number of aromatic amines is 1. The van der Waals surface area contributed by atoms with Crippen LogP contribution in [0.15, 0.2) is 35.1 Å². The second-order valence-electron chi connectivity index (χ2n) is 7.80. The van der Waals surface area contributed by atoms with E-state index in [4.69, 9.17) is 24.7 Å². The Kier molecular flexibility index (Phi) is 7.77. The number of primary amides is 1. The van der Waals surface area contributed by atoms with E-state index in [1.807, 2.05) is 13.8 Å². The second-order valence-corrected chi connectivity index (χ2v) is 7.80. The normalized spacial score (nSPS) is 19.0. The lowest BCUT2D eigenvalue weighted by atomic mass is 10.0. The molecule has 0 saturated carbocycles. The number of halogens is 3. The zero-order valence-corrected chi connectivity index (χ0v) is 18.1. The highest BCUT2D eigenvalue weighted by molar-refractivity contribution is 5.94. The number of carbonyl (C=O) groups excluding carboxylic acids is 1. The maximum absolute atomic E-state index is 13.4. The minimum atomic E-state index is -4.84. The summed E-state index contributed by atoms with van der Waals surface area (Å²) in [4.78, 5) is 24.9. The maximum Gasteiger partial charge on any atom is 0.431 e. The monoisotopic (exact) mass is 470 g/mol. The van der Waals surface area contributed by atoms with E-state index in [0.717, 1.165) is 6.07 Å².